The molecule has 0 spiro atoms. The van der Waals surface area contributed by atoms with Crippen molar-refractivity contribution in [1.29, 1.82) is 0 Å². The van der Waals surface area contributed by atoms with Crippen molar-refractivity contribution >= 4 is 11.8 Å². The van der Waals surface area contributed by atoms with Crippen molar-refractivity contribution in [1.82, 2.24) is 10.2 Å². The molecule has 0 saturated heterocycles. The molecule has 2 aromatic carbocycles. The van der Waals surface area contributed by atoms with Crippen molar-refractivity contribution in [3.8, 4) is 11.5 Å². The monoisotopic (exact) mass is 466 g/mol. The van der Waals surface area contributed by atoms with Crippen LogP contribution in [-0.4, -0.2) is 42.5 Å². The lowest BCUT2D eigenvalue weighted by Gasteiger charge is -2.32. The summed E-state index contributed by atoms with van der Waals surface area (Å²) in [6, 6.07) is 13.0. The van der Waals surface area contributed by atoms with E-state index in [0.29, 0.717) is 18.7 Å². The van der Waals surface area contributed by atoms with E-state index in [0.717, 1.165) is 48.1 Å². The van der Waals surface area contributed by atoms with Crippen LogP contribution in [-0.2, 0) is 16.1 Å². The third-order valence-electron chi connectivity index (χ3n) is 6.76. The highest BCUT2D eigenvalue weighted by molar-refractivity contribution is 5.88. The quantitative estimate of drug-likeness (QED) is 0.538. The van der Waals surface area contributed by atoms with Gasteiger partial charge in [-0.2, -0.15) is 0 Å². The molecule has 6 nitrogen and oxygen atoms in total. The van der Waals surface area contributed by atoms with Crippen LogP contribution in [0.25, 0.3) is 0 Å². The van der Waals surface area contributed by atoms with Gasteiger partial charge in [0.25, 0.3) is 5.91 Å². The van der Waals surface area contributed by atoms with Crippen molar-refractivity contribution in [3.63, 3.8) is 0 Å². The number of rotatable bonds is 10. The number of nitrogens with zero attached hydrogens (tertiary/aromatic N) is 1. The maximum Gasteiger partial charge on any atom is 0.261 e. The minimum Gasteiger partial charge on any atom is -0.497 e. The van der Waals surface area contributed by atoms with Gasteiger partial charge >= 0.3 is 0 Å². The molecule has 34 heavy (non-hydrogen) atoms. The second-order valence-corrected chi connectivity index (χ2v) is 9.12. The number of carbonyl (C=O) groups excluding carboxylic acids is 2. The van der Waals surface area contributed by atoms with Gasteiger partial charge in [-0.05, 0) is 68.0 Å². The molecule has 2 amide bonds. The van der Waals surface area contributed by atoms with Crippen LogP contribution in [0.1, 0.15) is 62.1 Å². The molecule has 0 aromatic heterocycles. The van der Waals surface area contributed by atoms with Gasteiger partial charge in [-0.25, -0.2) is 0 Å². The van der Waals surface area contributed by atoms with Gasteiger partial charge in [0, 0.05) is 12.6 Å². The van der Waals surface area contributed by atoms with Gasteiger partial charge in [0.1, 0.15) is 17.5 Å². The maximum atomic E-state index is 13.4. The van der Waals surface area contributed by atoms with Crippen LogP contribution < -0.4 is 14.8 Å². The number of amides is 2. The summed E-state index contributed by atoms with van der Waals surface area (Å²) in [6.07, 6.45) is 6.04. The zero-order chi connectivity index (χ0) is 24.5. The lowest BCUT2D eigenvalue weighted by Crippen LogP contribution is -2.52. The van der Waals surface area contributed by atoms with Crippen molar-refractivity contribution in [2.24, 2.45) is 0 Å². The number of hydrogen-bond donors (Lipinski definition) is 1. The standard InChI is InChI=1S/C28H38N2O4/c1-5-25(28(32)29-23-11-7-6-8-12-23)30(18-22-14-16-24(33-4)17-15-22)27(31)19-34-26-13-9-10-20(2)21(26)3/h9-10,13-17,23,25H,5-8,11-12,18-19H2,1-4H3,(H,29,32). The Morgan fingerprint density at radius 3 is 2.41 bits per heavy atom. The summed E-state index contributed by atoms with van der Waals surface area (Å²) in [4.78, 5) is 28.4. The Kier molecular flexibility index (Phi) is 9.37. The van der Waals surface area contributed by atoms with Gasteiger partial charge < -0.3 is 19.7 Å². The lowest BCUT2D eigenvalue weighted by atomic mass is 9.95. The molecule has 1 atom stereocenters. The van der Waals surface area contributed by atoms with Crippen LogP contribution in [0.15, 0.2) is 42.5 Å². The normalized spacial score (nSPS) is 14.8. The van der Waals surface area contributed by atoms with Gasteiger partial charge in [0.15, 0.2) is 6.61 Å². The largest absolute Gasteiger partial charge is 0.497 e. The molecular formula is C28H38N2O4. The summed E-state index contributed by atoms with van der Waals surface area (Å²) in [7, 11) is 1.62. The smallest absolute Gasteiger partial charge is 0.261 e. The first-order valence-electron chi connectivity index (χ1n) is 12.3. The van der Waals surface area contributed by atoms with E-state index in [2.05, 4.69) is 5.32 Å². The van der Waals surface area contributed by atoms with E-state index in [-0.39, 0.29) is 24.5 Å². The summed E-state index contributed by atoms with van der Waals surface area (Å²) in [5, 5.41) is 3.21. The number of benzene rings is 2. The van der Waals surface area contributed by atoms with E-state index < -0.39 is 6.04 Å². The van der Waals surface area contributed by atoms with Crippen LogP contribution in [0.2, 0.25) is 0 Å². The zero-order valence-corrected chi connectivity index (χ0v) is 20.9. The van der Waals surface area contributed by atoms with Crippen molar-refractivity contribution in [2.45, 2.75) is 77.9 Å². The first-order chi connectivity index (χ1) is 16.4. The maximum absolute atomic E-state index is 13.4. The number of nitrogens with one attached hydrogen (secondary N) is 1. The fourth-order valence-corrected chi connectivity index (χ4v) is 4.49. The number of ether oxygens (including phenoxy) is 2. The van der Waals surface area contributed by atoms with Gasteiger partial charge in [-0.15, -0.1) is 0 Å². The van der Waals surface area contributed by atoms with Gasteiger partial charge in [0.05, 0.1) is 7.11 Å². The fraction of sp³-hybridized carbons (Fsp3) is 0.500. The molecule has 0 bridgehead atoms. The Labute approximate surface area is 203 Å². The third-order valence-corrected chi connectivity index (χ3v) is 6.76. The van der Waals surface area contributed by atoms with Crippen molar-refractivity contribution < 1.29 is 19.1 Å². The second-order valence-electron chi connectivity index (χ2n) is 9.12. The summed E-state index contributed by atoms with van der Waals surface area (Å²) < 4.78 is 11.2. The average molecular weight is 467 g/mol. The summed E-state index contributed by atoms with van der Waals surface area (Å²) in [6.45, 7) is 6.16. The Bertz CT molecular complexity index is 951. The van der Waals surface area contributed by atoms with Crippen molar-refractivity contribution in [3.05, 3.63) is 59.2 Å². The summed E-state index contributed by atoms with van der Waals surface area (Å²) in [5.41, 5.74) is 3.06. The lowest BCUT2D eigenvalue weighted by molar-refractivity contribution is -0.143. The first-order valence-corrected chi connectivity index (χ1v) is 12.3. The number of carbonyl (C=O) groups is 2. The first kappa shape index (κ1) is 25.6. The van der Waals surface area contributed by atoms with Gasteiger partial charge in [-0.1, -0.05) is 50.5 Å². The molecule has 1 saturated carbocycles. The Morgan fingerprint density at radius 1 is 1.06 bits per heavy atom. The van der Waals surface area contributed by atoms with Crippen LogP contribution in [0.4, 0.5) is 0 Å². The highest BCUT2D eigenvalue weighted by atomic mass is 16.5. The van der Waals surface area contributed by atoms with Crippen LogP contribution in [0.3, 0.4) is 0 Å². The highest BCUT2D eigenvalue weighted by Gasteiger charge is 2.30. The molecule has 184 valence electrons. The van der Waals surface area contributed by atoms with E-state index in [1.54, 1.807) is 12.0 Å². The Hall–Kier alpha value is -3.02. The minimum absolute atomic E-state index is 0.0806. The minimum atomic E-state index is -0.557. The van der Waals surface area contributed by atoms with E-state index in [1.807, 2.05) is 63.2 Å². The predicted octanol–water partition coefficient (Wildman–Crippen LogP) is 4.95. The highest BCUT2D eigenvalue weighted by Crippen LogP contribution is 2.22. The molecule has 1 fully saturated rings. The molecule has 0 aliphatic heterocycles. The fourth-order valence-electron chi connectivity index (χ4n) is 4.49. The molecule has 1 unspecified atom stereocenters. The second kappa shape index (κ2) is 12.4. The van der Waals surface area contributed by atoms with E-state index in [9.17, 15) is 9.59 Å². The average Bonchev–Trinajstić information content (AvgIpc) is 2.85. The molecule has 1 N–H and O–H groups in total. The summed E-state index contributed by atoms with van der Waals surface area (Å²) >= 11 is 0. The number of aryl methyl sites for hydroxylation is 1. The SMILES string of the molecule is CCC(C(=O)NC1CCCCC1)N(Cc1ccc(OC)cc1)C(=O)COc1cccc(C)c1C. The predicted molar refractivity (Wildman–Crippen MR) is 134 cm³/mol. The Balaban J connectivity index is 1.77. The zero-order valence-electron chi connectivity index (χ0n) is 20.9. The molecule has 2 aromatic rings. The van der Waals surface area contributed by atoms with Gasteiger partial charge in [-0.3, -0.25) is 9.59 Å². The molecule has 0 heterocycles. The van der Waals surface area contributed by atoms with Gasteiger partial charge in [0.2, 0.25) is 5.91 Å². The topological polar surface area (TPSA) is 67.9 Å². The molecule has 6 heteroatoms. The van der Waals surface area contributed by atoms with Crippen LogP contribution >= 0.6 is 0 Å². The molecule has 0 radical (unpaired) electrons. The summed E-state index contributed by atoms with van der Waals surface area (Å²) in [5.74, 6) is 1.16. The molecule has 3 rings (SSSR count). The Morgan fingerprint density at radius 2 is 1.76 bits per heavy atom. The molecule has 1 aliphatic carbocycles. The van der Waals surface area contributed by atoms with E-state index >= 15 is 0 Å². The van der Waals surface area contributed by atoms with E-state index in [4.69, 9.17) is 9.47 Å². The van der Waals surface area contributed by atoms with Crippen molar-refractivity contribution in [2.75, 3.05) is 13.7 Å². The molecule has 1 aliphatic rings. The third kappa shape index (κ3) is 6.75. The molecular weight excluding hydrogens is 428 g/mol. The number of hydrogen-bond acceptors (Lipinski definition) is 4. The van der Waals surface area contributed by atoms with Crippen LogP contribution in [0.5, 0.6) is 11.5 Å². The number of methoxy groups -OCH3 is 1. The van der Waals surface area contributed by atoms with E-state index in [1.165, 1.54) is 6.42 Å². The van der Waals surface area contributed by atoms with Crippen LogP contribution in [0, 0.1) is 13.8 Å².